The molecule has 2 heterocycles. The minimum absolute atomic E-state index is 0.290. The number of fused-ring (bicyclic) bond motifs is 2. The Kier molecular flexibility index (Phi) is 8.32. The normalized spacial score (nSPS) is 11.5. The van der Waals surface area contributed by atoms with E-state index < -0.39 is 0 Å². The Labute approximate surface area is 268 Å². The van der Waals surface area contributed by atoms with Crippen LogP contribution in [0.5, 0.6) is 11.5 Å². The molecule has 0 spiro atoms. The summed E-state index contributed by atoms with van der Waals surface area (Å²) in [5, 5.41) is 6.56. The van der Waals surface area contributed by atoms with Gasteiger partial charge in [0.2, 0.25) is 5.82 Å². The minimum atomic E-state index is -0.312. The van der Waals surface area contributed by atoms with E-state index in [1.165, 1.54) is 4.68 Å². The lowest BCUT2D eigenvalue weighted by Gasteiger charge is -2.15. The molecule has 0 atom stereocenters. The molecule has 0 radical (unpaired) electrons. The van der Waals surface area contributed by atoms with Crippen molar-refractivity contribution in [1.29, 1.82) is 0 Å². The number of para-hydroxylation sites is 1. The van der Waals surface area contributed by atoms with Gasteiger partial charge >= 0.3 is 0 Å². The number of rotatable bonds is 8. The third kappa shape index (κ3) is 5.81. The third-order valence-electron chi connectivity index (χ3n) is 6.44. The third-order valence-corrected chi connectivity index (χ3v) is 8.10. The molecule has 7 nitrogen and oxygen atoms in total. The zero-order valence-electron chi connectivity index (χ0n) is 22.2. The van der Waals surface area contributed by atoms with Gasteiger partial charge < -0.3 is 13.9 Å². The van der Waals surface area contributed by atoms with Gasteiger partial charge in [-0.25, -0.2) is 4.98 Å². The topological polar surface area (TPSA) is 78.9 Å². The van der Waals surface area contributed by atoms with E-state index in [4.69, 9.17) is 30.5 Å². The first kappa shape index (κ1) is 28.4. The van der Waals surface area contributed by atoms with Gasteiger partial charge in [0.05, 0.1) is 27.3 Å². The first-order valence-electron chi connectivity index (χ1n) is 13.0. The van der Waals surface area contributed by atoms with Gasteiger partial charge in [-0.1, -0.05) is 57.9 Å². The highest BCUT2D eigenvalue weighted by molar-refractivity contribution is 14.1. The average molecular weight is 755 g/mol. The second-order valence-corrected chi connectivity index (χ2v) is 11.7. The molecule has 210 valence electrons. The van der Waals surface area contributed by atoms with E-state index in [0.29, 0.717) is 63.4 Å². The Hall–Kier alpha value is -3.67. The van der Waals surface area contributed by atoms with E-state index in [9.17, 15) is 4.79 Å². The predicted octanol–water partition coefficient (Wildman–Crippen LogP) is 8.69. The number of aromatic nitrogens is 2. The number of hydrogen-bond acceptors (Lipinski definition) is 6. The van der Waals surface area contributed by atoms with Crippen LogP contribution in [0.15, 0.2) is 104 Å². The van der Waals surface area contributed by atoms with Crippen LogP contribution in [0.2, 0.25) is 5.02 Å². The lowest BCUT2D eigenvalue weighted by molar-refractivity contribution is 0.267. The highest BCUT2D eigenvalue weighted by atomic mass is 127. The summed E-state index contributed by atoms with van der Waals surface area (Å²) in [6, 6.07) is 26.0. The summed E-state index contributed by atoms with van der Waals surface area (Å²) in [4.78, 5) is 18.4. The molecule has 0 aliphatic carbocycles. The Balaban J connectivity index is 1.41. The molecule has 0 saturated carbocycles. The van der Waals surface area contributed by atoms with Crippen molar-refractivity contribution in [2.45, 2.75) is 13.5 Å². The Morgan fingerprint density at radius 2 is 1.86 bits per heavy atom. The quantitative estimate of drug-likeness (QED) is 0.115. The van der Waals surface area contributed by atoms with E-state index in [0.717, 1.165) is 19.0 Å². The van der Waals surface area contributed by atoms with Crippen LogP contribution in [0.3, 0.4) is 0 Å². The zero-order valence-corrected chi connectivity index (χ0v) is 26.7. The minimum Gasteiger partial charge on any atom is -0.490 e. The number of nitrogens with zero attached hydrogens (tertiary/aromatic N) is 3. The van der Waals surface area contributed by atoms with Gasteiger partial charge in [0.1, 0.15) is 12.2 Å². The maximum absolute atomic E-state index is 13.7. The van der Waals surface area contributed by atoms with Crippen molar-refractivity contribution in [2.24, 2.45) is 5.10 Å². The van der Waals surface area contributed by atoms with Crippen molar-refractivity contribution in [3.8, 4) is 23.1 Å². The van der Waals surface area contributed by atoms with Crippen molar-refractivity contribution in [3.05, 3.63) is 119 Å². The maximum Gasteiger partial charge on any atom is 0.282 e. The highest BCUT2D eigenvalue weighted by Crippen LogP contribution is 2.35. The molecule has 0 aliphatic rings. The number of halogens is 3. The number of ether oxygens (including phenoxy) is 2. The van der Waals surface area contributed by atoms with Gasteiger partial charge in [0, 0.05) is 20.4 Å². The summed E-state index contributed by atoms with van der Waals surface area (Å²) in [7, 11) is 0. The maximum atomic E-state index is 13.7. The van der Waals surface area contributed by atoms with Crippen LogP contribution in [0.4, 0.5) is 0 Å². The van der Waals surface area contributed by atoms with Crippen molar-refractivity contribution < 1.29 is 13.9 Å². The van der Waals surface area contributed by atoms with Gasteiger partial charge in [-0.05, 0) is 89.7 Å². The monoisotopic (exact) mass is 753 g/mol. The Bertz CT molecular complexity index is 2040. The first-order valence-corrected chi connectivity index (χ1v) is 15.2. The van der Waals surface area contributed by atoms with Gasteiger partial charge in [-0.15, -0.1) is 0 Å². The summed E-state index contributed by atoms with van der Waals surface area (Å²) >= 11 is 12.0. The molecule has 0 fully saturated rings. The Morgan fingerprint density at radius 1 is 1.05 bits per heavy atom. The fourth-order valence-corrected chi connectivity index (χ4v) is 5.82. The van der Waals surface area contributed by atoms with Crippen LogP contribution in [0.25, 0.3) is 33.5 Å². The number of furan rings is 1. The fraction of sp³-hybridized carbons (Fsp3) is 0.0938. The van der Waals surface area contributed by atoms with Crippen molar-refractivity contribution in [3.63, 3.8) is 0 Å². The lowest BCUT2D eigenvalue weighted by atomic mass is 10.2. The number of hydrogen-bond donors (Lipinski definition) is 0. The Morgan fingerprint density at radius 3 is 2.69 bits per heavy atom. The smallest absolute Gasteiger partial charge is 0.282 e. The van der Waals surface area contributed by atoms with Crippen molar-refractivity contribution in [1.82, 2.24) is 9.66 Å². The molecule has 0 aliphatic heterocycles. The lowest BCUT2D eigenvalue weighted by Crippen LogP contribution is -2.20. The summed E-state index contributed by atoms with van der Waals surface area (Å²) in [6.45, 7) is 2.64. The standard InChI is InChI=1S/C32H22BrClIN3O4/c1-2-40-28-14-19(13-25(35)30(28)41-18-20-7-3-5-9-24(20)34)17-36-38-31(37-26-10-6-4-8-23(26)32(38)39)29-16-21-15-22(33)11-12-27(21)42-29/h3-17H,2,18H2,1H3. The SMILES string of the molecule is CCOc1cc(C=Nn2c(-c3cc4cc(Br)ccc4o3)nc3ccccc3c2=O)cc(I)c1OCc1ccccc1Cl. The van der Waals surface area contributed by atoms with E-state index in [-0.39, 0.29) is 5.56 Å². The molecular weight excluding hydrogens is 733 g/mol. The van der Waals surface area contributed by atoms with Crippen LogP contribution >= 0.6 is 50.1 Å². The molecule has 2 aromatic heterocycles. The van der Waals surface area contributed by atoms with E-state index in [1.807, 2.05) is 73.7 Å². The predicted molar refractivity (Wildman–Crippen MR) is 178 cm³/mol. The first-order chi connectivity index (χ1) is 20.4. The zero-order chi connectivity index (χ0) is 29.2. The molecule has 0 unspecified atom stereocenters. The molecule has 4 aromatic carbocycles. The molecule has 6 rings (SSSR count). The van der Waals surface area contributed by atoms with E-state index in [2.05, 4.69) is 43.6 Å². The van der Waals surface area contributed by atoms with Crippen LogP contribution < -0.4 is 15.0 Å². The molecule has 42 heavy (non-hydrogen) atoms. The van der Waals surface area contributed by atoms with Gasteiger partial charge in [-0.2, -0.15) is 9.78 Å². The molecular formula is C32H22BrClIN3O4. The molecule has 10 heteroatoms. The highest BCUT2D eigenvalue weighted by Gasteiger charge is 2.17. The van der Waals surface area contributed by atoms with Gasteiger partial charge in [0.25, 0.3) is 5.56 Å². The van der Waals surface area contributed by atoms with E-state index >= 15 is 0 Å². The summed E-state index contributed by atoms with van der Waals surface area (Å²) in [5.74, 6) is 1.89. The fourth-order valence-electron chi connectivity index (χ4n) is 4.47. The van der Waals surface area contributed by atoms with Crippen LogP contribution in [0.1, 0.15) is 18.1 Å². The van der Waals surface area contributed by atoms with Crippen LogP contribution in [0, 0.1) is 3.57 Å². The van der Waals surface area contributed by atoms with Crippen molar-refractivity contribution in [2.75, 3.05) is 6.61 Å². The molecule has 0 saturated heterocycles. The van der Waals surface area contributed by atoms with Crippen molar-refractivity contribution >= 4 is 78.2 Å². The van der Waals surface area contributed by atoms with Crippen LogP contribution in [-0.2, 0) is 6.61 Å². The second kappa shape index (κ2) is 12.3. The van der Waals surface area contributed by atoms with Crippen LogP contribution in [-0.4, -0.2) is 22.5 Å². The second-order valence-electron chi connectivity index (χ2n) is 9.25. The molecule has 0 amide bonds. The van der Waals surface area contributed by atoms with Gasteiger partial charge in [0.15, 0.2) is 17.3 Å². The molecule has 0 N–H and O–H groups in total. The molecule has 6 aromatic rings. The summed E-state index contributed by atoms with van der Waals surface area (Å²) in [5.41, 5.74) is 2.50. The van der Waals surface area contributed by atoms with E-state index in [1.54, 1.807) is 24.4 Å². The van der Waals surface area contributed by atoms with Gasteiger partial charge in [-0.3, -0.25) is 4.79 Å². The average Bonchev–Trinajstić information content (AvgIpc) is 3.40. The molecule has 0 bridgehead atoms. The summed E-state index contributed by atoms with van der Waals surface area (Å²) in [6.07, 6.45) is 1.60. The largest absolute Gasteiger partial charge is 0.490 e. The number of benzene rings is 4. The summed E-state index contributed by atoms with van der Waals surface area (Å²) < 4.78 is 21.2.